The molecule has 0 spiro atoms. The van der Waals surface area contributed by atoms with Gasteiger partial charge in [0.15, 0.2) is 6.71 Å². The normalized spacial score (nSPS) is 11.1. The summed E-state index contributed by atoms with van der Waals surface area (Å²) in [5.74, 6) is 0. The van der Waals surface area contributed by atoms with Gasteiger partial charge in [-0.1, -0.05) is 37.5 Å². The summed E-state index contributed by atoms with van der Waals surface area (Å²) < 4.78 is 0. The van der Waals surface area contributed by atoms with Crippen LogP contribution in [0.15, 0.2) is 29.3 Å². The van der Waals surface area contributed by atoms with E-state index >= 15 is 0 Å². The highest BCUT2D eigenvalue weighted by molar-refractivity contribution is 6.65. The summed E-state index contributed by atoms with van der Waals surface area (Å²) in [6, 6.07) is 0. The smallest absolute Gasteiger partial charge is 0.171 e. The van der Waals surface area contributed by atoms with Crippen molar-refractivity contribution in [2.75, 3.05) is 6.54 Å². The standard InChI is InChI=1S/C11H21BN2/c1-4-5-6-7-8-12(2)11(9-13)10-14-3/h4,10H,1,3,5-9,13H2,2H3/b11-10+. The molecule has 0 bridgehead atoms. The van der Waals surface area contributed by atoms with Gasteiger partial charge in [0, 0.05) is 12.7 Å². The summed E-state index contributed by atoms with van der Waals surface area (Å²) in [4.78, 5) is 3.76. The number of aliphatic imine (C=N–C) groups is 1. The molecule has 0 aliphatic carbocycles. The molecule has 3 heteroatoms. The fourth-order valence-electron chi connectivity index (χ4n) is 1.42. The number of nitrogens with two attached hydrogens (primary N) is 1. The van der Waals surface area contributed by atoms with Crippen molar-refractivity contribution in [1.29, 1.82) is 0 Å². The van der Waals surface area contributed by atoms with Gasteiger partial charge in [-0.25, -0.2) is 0 Å². The lowest BCUT2D eigenvalue weighted by atomic mass is 9.43. The number of hydrogen-bond donors (Lipinski definition) is 1. The molecule has 2 N–H and O–H groups in total. The number of rotatable bonds is 8. The summed E-state index contributed by atoms with van der Waals surface area (Å²) in [6.07, 6.45) is 8.48. The van der Waals surface area contributed by atoms with Gasteiger partial charge in [0.25, 0.3) is 0 Å². The molecule has 78 valence electrons. The molecule has 0 aliphatic heterocycles. The molecule has 0 rings (SSSR count). The van der Waals surface area contributed by atoms with Crippen LogP contribution < -0.4 is 5.73 Å². The molecule has 2 nitrogen and oxygen atoms in total. The van der Waals surface area contributed by atoms with E-state index in [4.69, 9.17) is 5.73 Å². The van der Waals surface area contributed by atoms with E-state index < -0.39 is 0 Å². The highest BCUT2D eigenvalue weighted by atomic mass is 14.6. The van der Waals surface area contributed by atoms with Crippen molar-refractivity contribution in [3.8, 4) is 0 Å². The third kappa shape index (κ3) is 5.76. The van der Waals surface area contributed by atoms with Gasteiger partial charge in [0.05, 0.1) is 0 Å². The van der Waals surface area contributed by atoms with Crippen molar-refractivity contribution in [1.82, 2.24) is 0 Å². The molecule has 0 aliphatic rings. The van der Waals surface area contributed by atoms with Crippen LogP contribution in [0.4, 0.5) is 0 Å². The Bertz CT molecular complexity index is 199. The summed E-state index contributed by atoms with van der Waals surface area (Å²) in [6.45, 7) is 10.4. The van der Waals surface area contributed by atoms with E-state index in [1.54, 1.807) is 6.20 Å². The molecule has 0 fully saturated rings. The zero-order chi connectivity index (χ0) is 10.8. The van der Waals surface area contributed by atoms with Crippen molar-refractivity contribution >= 4 is 13.4 Å². The molecule has 0 saturated carbocycles. The van der Waals surface area contributed by atoms with Crippen molar-refractivity contribution in [2.45, 2.75) is 32.4 Å². The highest BCUT2D eigenvalue weighted by Crippen LogP contribution is 2.10. The lowest BCUT2D eigenvalue weighted by molar-refractivity contribution is 0.808. The van der Waals surface area contributed by atoms with Crippen molar-refractivity contribution in [3.63, 3.8) is 0 Å². The molecule has 0 radical (unpaired) electrons. The molecular formula is C11H21BN2. The van der Waals surface area contributed by atoms with Crippen LogP contribution in [0.2, 0.25) is 13.1 Å². The molecule has 0 aromatic carbocycles. The van der Waals surface area contributed by atoms with Crippen LogP contribution in [0.1, 0.15) is 19.3 Å². The lowest BCUT2D eigenvalue weighted by Gasteiger charge is -2.09. The molecule has 0 amide bonds. The van der Waals surface area contributed by atoms with E-state index in [0.29, 0.717) is 13.3 Å². The molecule has 0 heterocycles. The zero-order valence-corrected chi connectivity index (χ0v) is 9.21. The minimum Gasteiger partial charge on any atom is -0.327 e. The second kappa shape index (κ2) is 8.76. The van der Waals surface area contributed by atoms with E-state index in [0.717, 1.165) is 6.42 Å². The topological polar surface area (TPSA) is 38.4 Å². The van der Waals surface area contributed by atoms with Crippen molar-refractivity contribution in [3.05, 3.63) is 24.3 Å². The molecule has 0 unspecified atom stereocenters. The largest absolute Gasteiger partial charge is 0.327 e. The van der Waals surface area contributed by atoms with Gasteiger partial charge in [-0.05, 0) is 13.1 Å². The van der Waals surface area contributed by atoms with Crippen LogP contribution in [-0.2, 0) is 0 Å². The maximum atomic E-state index is 5.62. The Labute approximate surface area is 88.1 Å². The van der Waals surface area contributed by atoms with E-state index in [9.17, 15) is 0 Å². The van der Waals surface area contributed by atoms with E-state index in [1.165, 1.54) is 24.6 Å². The third-order valence-electron chi connectivity index (χ3n) is 2.42. The van der Waals surface area contributed by atoms with Crippen LogP contribution >= 0.6 is 0 Å². The number of nitrogens with zero attached hydrogens (tertiary/aromatic N) is 1. The second-order valence-corrected chi connectivity index (χ2v) is 3.56. The Balaban J connectivity index is 3.80. The van der Waals surface area contributed by atoms with Crippen LogP contribution in [0.5, 0.6) is 0 Å². The van der Waals surface area contributed by atoms with Crippen molar-refractivity contribution in [2.24, 2.45) is 10.7 Å². The van der Waals surface area contributed by atoms with Gasteiger partial charge in [-0.15, -0.1) is 6.58 Å². The first-order valence-electron chi connectivity index (χ1n) is 5.22. The van der Waals surface area contributed by atoms with Gasteiger partial charge >= 0.3 is 0 Å². The minimum absolute atomic E-state index is 0.523. The van der Waals surface area contributed by atoms with E-state index in [1.807, 2.05) is 6.08 Å². The minimum atomic E-state index is 0.523. The number of hydrogen-bond acceptors (Lipinski definition) is 2. The third-order valence-corrected chi connectivity index (χ3v) is 2.42. The fourth-order valence-corrected chi connectivity index (χ4v) is 1.42. The number of allylic oxidation sites excluding steroid dienone is 1. The SMILES string of the molecule is C=CCCCCB(C)/C(=C/N=C)CN. The predicted molar refractivity (Wildman–Crippen MR) is 67.2 cm³/mol. The fraction of sp³-hybridized carbons (Fsp3) is 0.545. The summed E-state index contributed by atoms with van der Waals surface area (Å²) in [5.41, 5.74) is 6.81. The summed E-state index contributed by atoms with van der Waals surface area (Å²) >= 11 is 0. The first-order chi connectivity index (χ1) is 6.76. The van der Waals surface area contributed by atoms with Crippen LogP contribution in [0.25, 0.3) is 0 Å². The maximum absolute atomic E-state index is 5.62. The molecule has 0 atom stereocenters. The Morgan fingerprint density at radius 3 is 2.71 bits per heavy atom. The monoisotopic (exact) mass is 192 g/mol. The zero-order valence-electron chi connectivity index (χ0n) is 9.21. The van der Waals surface area contributed by atoms with Crippen LogP contribution in [-0.4, -0.2) is 20.0 Å². The van der Waals surface area contributed by atoms with Crippen molar-refractivity contribution < 1.29 is 0 Å². The first kappa shape index (κ1) is 13.2. The Morgan fingerprint density at radius 2 is 2.21 bits per heavy atom. The Morgan fingerprint density at radius 1 is 1.50 bits per heavy atom. The molecule has 14 heavy (non-hydrogen) atoms. The first-order valence-corrected chi connectivity index (χ1v) is 5.22. The Hall–Kier alpha value is -0.825. The van der Waals surface area contributed by atoms with Gasteiger partial charge in [-0.3, -0.25) is 4.99 Å². The van der Waals surface area contributed by atoms with E-state index in [-0.39, 0.29) is 0 Å². The van der Waals surface area contributed by atoms with Gasteiger partial charge in [-0.2, -0.15) is 0 Å². The predicted octanol–water partition coefficient (Wildman–Crippen LogP) is 2.55. The Kier molecular flexibility index (Phi) is 8.24. The second-order valence-electron chi connectivity index (χ2n) is 3.56. The molecule has 0 saturated heterocycles. The van der Waals surface area contributed by atoms with Gasteiger partial charge in [0.2, 0.25) is 0 Å². The van der Waals surface area contributed by atoms with Gasteiger partial charge in [0.1, 0.15) is 0 Å². The summed E-state index contributed by atoms with van der Waals surface area (Å²) in [5, 5.41) is 0. The maximum Gasteiger partial charge on any atom is 0.171 e. The summed E-state index contributed by atoms with van der Waals surface area (Å²) in [7, 11) is 0. The molecular weight excluding hydrogens is 171 g/mol. The van der Waals surface area contributed by atoms with Crippen LogP contribution in [0.3, 0.4) is 0 Å². The molecule has 0 aromatic heterocycles. The average Bonchev–Trinajstić information content (AvgIpc) is 2.20. The van der Waals surface area contributed by atoms with E-state index in [2.05, 4.69) is 25.1 Å². The number of unbranched alkanes of at least 4 members (excludes halogenated alkanes) is 2. The van der Waals surface area contributed by atoms with Gasteiger partial charge < -0.3 is 5.73 Å². The quantitative estimate of drug-likeness (QED) is 0.273. The lowest BCUT2D eigenvalue weighted by Crippen LogP contribution is -2.18. The average molecular weight is 192 g/mol. The molecule has 0 aromatic rings. The highest BCUT2D eigenvalue weighted by Gasteiger charge is 2.10. The van der Waals surface area contributed by atoms with Crippen LogP contribution in [0, 0.1) is 0 Å².